The van der Waals surface area contributed by atoms with Crippen LogP contribution in [0.1, 0.15) is 68.3 Å². The third kappa shape index (κ3) is 4.50. The Bertz CT molecular complexity index is 1640. The Morgan fingerprint density at radius 3 is 2.44 bits per heavy atom. The van der Waals surface area contributed by atoms with Gasteiger partial charge in [0.05, 0.1) is 28.5 Å². The molecule has 1 atom stereocenters. The fraction of sp³-hybridized carbons (Fsp3) is 0.387. The number of alkyl halides is 2. The maximum absolute atomic E-state index is 14.3. The van der Waals surface area contributed by atoms with E-state index in [0.717, 1.165) is 38.8 Å². The van der Waals surface area contributed by atoms with Gasteiger partial charge in [0.15, 0.2) is 0 Å². The first kappa shape index (κ1) is 25.6. The lowest BCUT2D eigenvalue weighted by Gasteiger charge is -2.35. The lowest BCUT2D eigenvalue weighted by atomic mass is 9.79. The van der Waals surface area contributed by atoms with Gasteiger partial charge in [0, 0.05) is 35.6 Å². The summed E-state index contributed by atoms with van der Waals surface area (Å²) in [5.74, 6) is -1.96. The summed E-state index contributed by atoms with van der Waals surface area (Å²) in [6.45, 7) is 7.19. The Kier molecular flexibility index (Phi) is 6.06. The van der Waals surface area contributed by atoms with Crippen LogP contribution in [0.2, 0.25) is 0 Å². The third-order valence-corrected chi connectivity index (χ3v) is 8.06. The minimum atomic E-state index is -2.64. The molecule has 39 heavy (non-hydrogen) atoms. The van der Waals surface area contributed by atoms with Crippen molar-refractivity contribution >= 4 is 22.1 Å². The first-order chi connectivity index (χ1) is 18.5. The highest BCUT2D eigenvalue weighted by Gasteiger charge is 2.39. The molecule has 0 amide bonds. The van der Waals surface area contributed by atoms with Gasteiger partial charge in [0.25, 0.3) is 0 Å². The summed E-state index contributed by atoms with van der Waals surface area (Å²) < 4.78 is 36.2. The number of rotatable bonds is 5. The van der Waals surface area contributed by atoms with Crippen molar-refractivity contribution in [1.82, 2.24) is 19.7 Å². The first-order valence-corrected chi connectivity index (χ1v) is 13.4. The quantitative estimate of drug-likeness (QED) is 0.255. The molecule has 0 bridgehead atoms. The zero-order chi connectivity index (χ0) is 27.5. The topological polar surface area (TPSA) is 77.0 Å². The summed E-state index contributed by atoms with van der Waals surface area (Å²) in [4.78, 5) is 9.87. The van der Waals surface area contributed by atoms with Crippen molar-refractivity contribution in [3.05, 3.63) is 77.4 Å². The Morgan fingerprint density at radius 2 is 1.79 bits per heavy atom. The van der Waals surface area contributed by atoms with Gasteiger partial charge in [0.2, 0.25) is 5.92 Å². The van der Waals surface area contributed by atoms with Crippen LogP contribution in [0.15, 0.2) is 59.3 Å². The predicted octanol–water partition coefficient (Wildman–Crippen LogP) is 7.50. The Hall–Kier alpha value is -3.65. The van der Waals surface area contributed by atoms with Crippen molar-refractivity contribution < 1.29 is 18.4 Å². The number of halogens is 2. The number of fused-ring (bicyclic) bond motifs is 3. The maximum atomic E-state index is 14.3. The lowest BCUT2D eigenvalue weighted by Crippen LogP contribution is -2.30. The van der Waals surface area contributed by atoms with Gasteiger partial charge < -0.3 is 14.2 Å². The van der Waals surface area contributed by atoms with Crippen LogP contribution in [0.5, 0.6) is 0 Å². The number of nitrogens with zero attached hydrogens (tertiary/aromatic N) is 4. The highest BCUT2D eigenvalue weighted by atomic mass is 19.3. The lowest BCUT2D eigenvalue weighted by molar-refractivity contribution is -0.0493. The van der Waals surface area contributed by atoms with Gasteiger partial charge in [-0.1, -0.05) is 35.5 Å². The second-order valence-corrected chi connectivity index (χ2v) is 11.3. The van der Waals surface area contributed by atoms with E-state index in [0.29, 0.717) is 29.9 Å². The summed E-state index contributed by atoms with van der Waals surface area (Å²) in [6, 6.07) is 15.7. The normalized spacial score (nSPS) is 17.2. The summed E-state index contributed by atoms with van der Waals surface area (Å²) in [6.07, 6.45) is 2.35. The number of hydrogen-bond donors (Lipinski definition) is 1. The van der Waals surface area contributed by atoms with E-state index < -0.39 is 11.5 Å². The smallest absolute Gasteiger partial charge is 0.248 e. The van der Waals surface area contributed by atoms with Crippen LogP contribution in [-0.2, 0) is 5.60 Å². The summed E-state index contributed by atoms with van der Waals surface area (Å²) >= 11 is 0. The number of aliphatic hydroxyl groups is 1. The second-order valence-electron chi connectivity index (χ2n) is 11.3. The van der Waals surface area contributed by atoms with Crippen LogP contribution in [0.3, 0.4) is 0 Å². The SMILES string of the molecule is Cc1noc(C)c1-c1cnc2c3ccc(C(C)(C)O)nc3n(C(c3ccccc3)C3CCC(F)(F)CC3)c2c1. The number of hydrogen-bond acceptors (Lipinski definition) is 5. The third-order valence-electron chi connectivity index (χ3n) is 8.06. The molecule has 1 N–H and O–H groups in total. The molecular formula is C31H32F2N4O2. The van der Waals surface area contributed by atoms with E-state index in [1.165, 1.54) is 0 Å². The summed E-state index contributed by atoms with van der Waals surface area (Å²) in [5, 5.41) is 15.8. The summed E-state index contributed by atoms with van der Waals surface area (Å²) in [5.41, 5.74) is 5.25. The van der Waals surface area contributed by atoms with Crippen molar-refractivity contribution in [2.45, 2.75) is 70.9 Å². The van der Waals surface area contributed by atoms with Gasteiger partial charge in [-0.25, -0.2) is 13.8 Å². The van der Waals surface area contributed by atoms with Crippen LogP contribution >= 0.6 is 0 Å². The van der Waals surface area contributed by atoms with Crippen molar-refractivity contribution in [3.63, 3.8) is 0 Å². The molecule has 0 radical (unpaired) electrons. The van der Waals surface area contributed by atoms with Gasteiger partial charge in [-0.15, -0.1) is 0 Å². The zero-order valence-electron chi connectivity index (χ0n) is 22.6. The van der Waals surface area contributed by atoms with Crippen LogP contribution in [-0.4, -0.2) is 30.7 Å². The van der Waals surface area contributed by atoms with Crippen LogP contribution < -0.4 is 0 Å². The first-order valence-electron chi connectivity index (χ1n) is 13.4. The van der Waals surface area contributed by atoms with E-state index >= 15 is 0 Å². The molecule has 1 fully saturated rings. The molecule has 0 aliphatic heterocycles. The standard InChI is InChI=1S/C31H32F2N4O2/c1-18-26(19(2)39-36-18)22-16-24-27(34-17-22)23-10-11-25(30(3,4)38)35-29(23)37(24)28(20-8-6-5-7-9-20)21-12-14-31(32,33)15-13-21/h5-11,16-17,21,28,38H,12-15H2,1-4H3. The van der Waals surface area contributed by atoms with E-state index in [9.17, 15) is 13.9 Å². The second kappa shape index (κ2) is 9.23. The van der Waals surface area contributed by atoms with E-state index in [1.807, 2.05) is 50.4 Å². The average molecular weight is 531 g/mol. The average Bonchev–Trinajstić information content (AvgIpc) is 3.40. The molecule has 8 heteroatoms. The highest BCUT2D eigenvalue weighted by molar-refractivity contribution is 6.05. The highest BCUT2D eigenvalue weighted by Crippen LogP contribution is 2.46. The molecule has 1 aromatic carbocycles. The van der Waals surface area contributed by atoms with Gasteiger partial charge in [0.1, 0.15) is 17.0 Å². The number of benzene rings is 1. The molecule has 4 heterocycles. The van der Waals surface area contributed by atoms with E-state index in [2.05, 4.69) is 27.9 Å². The van der Waals surface area contributed by atoms with Crippen molar-refractivity contribution in [2.75, 3.05) is 0 Å². The van der Waals surface area contributed by atoms with E-state index in [4.69, 9.17) is 14.5 Å². The van der Waals surface area contributed by atoms with Gasteiger partial charge >= 0.3 is 0 Å². The monoisotopic (exact) mass is 530 g/mol. The molecular weight excluding hydrogens is 498 g/mol. The van der Waals surface area contributed by atoms with Crippen LogP contribution in [0.25, 0.3) is 33.2 Å². The molecule has 1 aliphatic carbocycles. The summed E-state index contributed by atoms with van der Waals surface area (Å²) in [7, 11) is 0. The minimum absolute atomic E-state index is 0.0267. The number of pyridine rings is 2. The van der Waals surface area contributed by atoms with E-state index in [-0.39, 0.29) is 24.8 Å². The van der Waals surface area contributed by atoms with Crippen molar-refractivity contribution in [2.24, 2.45) is 5.92 Å². The molecule has 0 saturated heterocycles. The van der Waals surface area contributed by atoms with Crippen molar-refractivity contribution in [3.8, 4) is 11.1 Å². The molecule has 202 valence electrons. The molecule has 0 spiro atoms. The van der Waals surface area contributed by atoms with Gasteiger partial charge in [-0.05, 0) is 70.2 Å². The van der Waals surface area contributed by atoms with Crippen LogP contribution in [0.4, 0.5) is 8.78 Å². The van der Waals surface area contributed by atoms with Gasteiger partial charge in [-0.3, -0.25) is 4.98 Å². The molecule has 1 unspecified atom stereocenters. The minimum Gasteiger partial charge on any atom is -0.384 e. The molecule has 1 aliphatic rings. The fourth-order valence-electron chi connectivity index (χ4n) is 6.09. The Balaban J connectivity index is 1.66. The number of aromatic nitrogens is 4. The number of aryl methyl sites for hydroxylation is 2. The zero-order valence-corrected chi connectivity index (χ0v) is 22.6. The Labute approximate surface area is 225 Å². The largest absolute Gasteiger partial charge is 0.384 e. The molecule has 4 aromatic heterocycles. The fourth-order valence-corrected chi connectivity index (χ4v) is 6.09. The maximum Gasteiger partial charge on any atom is 0.248 e. The van der Waals surface area contributed by atoms with E-state index in [1.54, 1.807) is 13.8 Å². The Morgan fingerprint density at radius 1 is 1.08 bits per heavy atom. The molecule has 6 rings (SSSR count). The van der Waals surface area contributed by atoms with Gasteiger partial charge in [-0.2, -0.15) is 0 Å². The van der Waals surface area contributed by atoms with Crippen molar-refractivity contribution in [1.29, 1.82) is 0 Å². The molecule has 1 saturated carbocycles. The van der Waals surface area contributed by atoms with Crippen LogP contribution in [0, 0.1) is 19.8 Å². The predicted molar refractivity (Wildman–Crippen MR) is 147 cm³/mol. The molecule has 5 aromatic rings. The molecule has 6 nitrogen and oxygen atoms in total.